The van der Waals surface area contributed by atoms with Gasteiger partial charge in [-0.3, -0.25) is 4.79 Å². The number of hydrogen-bond acceptors (Lipinski definition) is 8. The van der Waals surface area contributed by atoms with Gasteiger partial charge in [-0.1, -0.05) is 12.1 Å². The molecule has 0 aliphatic carbocycles. The summed E-state index contributed by atoms with van der Waals surface area (Å²) in [5.41, 5.74) is 1.17. The number of benzene rings is 2. The third kappa shape index (κ3) is 4.40. The van der Waals surface area contributed by atoms with Gasteiger partial charge in [0.05, 0.1) is 30.8 Å². The SMILES string of the molecule is COCC1Oc2cc(S(=O)(=O)N(Cc3ccc(OC)cc3)c3nccs3)ccc2NC1=O. The summed E-state index contributed by atoms with van der Waals surface area (Å²) < 4.78 is 44.3. The van der Waals surface area contributed by atoms with Gasteiger partial charge in [-0.2, -0.15) is 0 Å². The van der Waals surface area contributed by atoms with Gasteiger partial charge in [-0.15, -0.1) is 11.3 Å². The number of nitrogens with one attached hydrogen (secondary N) is 1. The Morgan fingerprint density at radius 3 is 2.62 bits per heavy atom. The molecule has 2 heterocycles. The fraction of sp³-hybridized carbons (Fsp3) is 0.238. The van der Waals surface area contributed by atoms with Crippen LogP contribution in [0, 0.1) is 0 Å². The third-order valence-corrected chi connectivity index (χ3v) is 7.44. The molecule has 32 heavy (non-hydrogen) atoms. The van der Waals surface area contributed by atoms with Crippen LogP contribution in [0.25, 0.3) is 0 Å². The Morgan fingerprint density at radius 2 is 1.97 bits per heavy atom. The molecular weight excluding hydrogens is 454 g/mol. The van der Waals surface area contributed by atoms with E-state index < -0.39 is 16.1 Å². The van der Waals surface area contributed by atoms with Crippen molar-refractivity contribution in [2.24, 2.45) is 0 Å². The Morgan fingerprint density at radius 1 is 1.19 bits per heavy atom. The van der Waals surface area contributed by atoms with Crippen molar-refractivity contribution < 1.29 is 27.4 Å². The molecule has 1 aliphatic rings. The first-order valence-electron chi connectivity index (χ1n) is 9.58. The van der Waals surface area contributed by atoms with E-state index in [0.29, 0.717) is 16.6 Å². The lowest BCUT2D eigenvalue weighted by Gasteiger charge is -2.27. The van der Waals surface area contributed by atoms with Crippen LogP contribution in [0.3, 0.4) is 0 Å². The molecule has 1 aliphatic heterocycles. The number of ether oxygens (including phenoxy) is 3. The number of methoxy groups -OCH3 is 2. The number of aromatic nitrogens is 1. The Labute approximate surface area is 189 Å². The lowest BCUT2D eigenvalue weighted by Crippen LogP contribution is -2.40. The predicted octanol–water partition coefficient (Wildman–Crippen LogP) is 2.89. The molecule has 11 heteroatoms. The first-order chi connectivity index (χ1) is 15.4. The molecule has 0 saturated heterocycles. The maximum atomic E-state index is 13.6. The Hall–Kier alpha value is -3.15. The second-order valence-corrected chi connectivity index (χ2v) is 9.62. The van der Waals surface area contributed by atoms with Gasteiger partial charge in [0.2, 0.25) is 6.10 Å². The smallest absolute Gasteiger partial charge is 0.267 e. The molecule has 2 aromatic carbocycles. The Kier molecular flexibility index (Phi) is 6.31. The van der Waals surface area contributed by atoms with Crippen LogP contribution in [0.5, 0.6) is 11.5 Å². The zero-order valence-corrected chi connectivity index (χ0v) is 19.0. The molecule has 1 amide bonds. The second kappa shape index (κ2) is 9.15. The summed E-state index contributed by atoms with van der Waals surface area (Å²) >= 11 is 1.22. The number of carbonyl (C=O) groups is 1. The van der Waals surface area contributed by atoms with Gasteiger partial charge in [0.15, 0.2) is 5.13 Å². The van der Waals surface area contributed by atoms with E-state index in [1.54, 1.807) is 43.0 Å². The number of amides is 1. The highest BCUT2D eigenvalue weighted by molar-refractivity contribution is 7.93. The van der Waals surface area contributed by atoms with Crippen LogP contribution in [-0.2, 0) is 26.1 Å². The van der Waals surface area contributed by atoms with Crippen molar-refractivity contribution in [2.45, 2.75) is 17.5 Å². The minimum absolute atomic E-state index is 0.0206. The second-order valence-electron chi connectivity index (χ2n) is 6.88. The van der Waals surface area contributed by atoms with E-state index >= 15 is 0 Å². The van der Waals surface area contributed by atoms with Gasteiger partial charge >= 0.3 is 0 Å². The molecule has 1 aromatic heterocycles. The maximum Gasteiger partial charge on any atom is 0.267 e. The normalized spacial score (nSPS) is 15.4. The van der Waals surface area contributed by atoms with Crippen LogP contribution in [0.15, 0.2) is 58.9 Å². The molecule has 3 aromatic rings. The number of rotatable bonds is 8. The Bertz CT molecular complexity index is 1200. The average molecular weight is 476 g/mol. The van der Waals surface area contributed by atoms with Crippen LogP contribution >= 0.6 is 11.3 Å². The maximum absolute atomic E-state index is 13.6. The monoisotopic (exact) mass is 475 g/mol. The summed E-state index contributed by atoms with van der Waals surface area (Å²) in [6.45, 7) is 0.131. The number of thiazole rings is 1. The summed E-state index contributed by atoms with van der Waals surface area (Å²) in [6, 6.07) is 11.5. The number of nitrogens with zero attached hydrogens (tertiary/aromatic N) is 2. The van der Waals surface area contributed by atoms with Crippen molar-refractivity contribution in [2.75, 3.05) is 30.4 Å². The van der Waals surface area contributed by atoms with Crippen LogP contribution in [0.1, 0.15) is 5.56 Å². The molecule has 0 bridgehead atoms. The highest BCUT2D eigenvalue weighted by atomic mass is 32.2. The minimum atomic E-state index is -3.99. The van der Waals surface area contributed by atoms with Gasteiger partial charge in [-0.05, 0) is 29.8 Å². The van der Waals surface area contributed by atoms with Crippen LogP contribution in [0.2, 0.25) is 0 Å². The number of sulfonamides is 1. The number of hydrogen-bond donors (Lipinski definition) is 1. The quantitative estimate of drug-likeness (QED) is 0.534. The lowest BCUT2D eigenvalue weighted by molar-refractivity contribution is -0.125. The highest BCUT2D eigenvalue weighted by Crippen LogP contribution is 2.35. The molecule has 1 unspecified atom stereocenters. The van der Waals surface area contributed by atoms with Crippen molar-refractivity contribution in [1.29, 1.82) is 0 Å². The van der Waals surface area contributed by atoms with E-state index in [4.69, 9.17) is 14.2 Å². The van der Waals surface area contributed by atoms with Gasteiger partial charge in [0.1, 0.15) is 11.5 Å². The minimum Gasteiger partial charge on any atom is -0.497 e. The molecular formula is C21H21N3O6S2. The van der Waals surface area contributed by atoms with E-state index in [0.717, 1.165) is 5.56 Å². The molecule has 0 spiro atoms. The summed E-state index contributed by atoms with van der Waals surface area (Å²) in [7, 11) is -0.964. The van der Waals surface area contributed by atoms with Gasteiger partial charge in [-0.25, -0.2) is 17.7 Å². The third-order valence-electron chi connectivity index (χ3n) is 4.80. The summed E-state index contributed by atoms with van der Waals surface area (Å²) in [5, 5.41) is 4.76. The van der Waals surface area contributed by atoms with Crippen LogP contribution in [0.4, 0.5) is 10.8 Å². The average Bonchev–Trinajstić information content (AvgIpc) is 3.32. The van der Waals surface area contributed by atoms with E-state index in [2.05, 4.69) is 10.3 Å². The first-order valence-corrected chi connectivity index (χ1v) is 11.9. The van der Waals surface area contributed by atoms with Crippen molar-refractivity contribution in [3.05, 3.63) is 59.6 Å². The van der Waals surface area contributed by atoms with Crippen molar-refractivity contribution in [3.63, 3.8) is 0 Å². The van der Waals surface area contributed by atoms with E-state index in [1.165, 1.54) is 41.0 Å². The van der Waals surface area contributed by atoms with Gasteiger partial charge in [0.25, 0.3) is 15.9 Å². The van der Waals surface area contributed by atoms with E-state index in [1.807, 2.05) is 0 Å². The van der Waals surface area contributed by atoms with E-state index in [9.17, 15) is 13.2 Å². The summed E-state index contributed by atoms with van der Waals surface area (Å²) in [6.07, 6.45) is 0.692. The molecule has 9 nitrogen and oxygen atoms in total. The summed E-state index contributed by atoms with van der Waals surface area (Å²) in [4.78, 5) is 16.3. The fourth-order valence-corrected chi connectivity index (χ4v) is 5.46. The molecule has 0 fully saturated rings. The van der Waals surface area contributed by atoms with Gasteiger partial charge < -0.3 is 19.5 Å². The largest absolute Gasteiger partial charge is 0.497 e. The fourth-order valence-electron chi connectivity index (χ4n) is 3.16. The number of carbonyl (C=O) groups excluding carboxylic acids is 1. The molecule has 4 rings (SSSR count). The summed E-state index contributed by atoms with van der Waals surface area (Å²) in [5.74, 6) is 0.590. The number of anilines is 2. The van der Waals surface area contributed by atoms with Crippen molar-refractivity contribution >= 4 is 38.1 Å². The number of fused-ring (bicyclic) bond motifs is 1. The Balaban J connectivity index is 1.68. The zero-order valence-electron chi connectivity index (χ0n) is 17.3. The van der Waals surface area contributed by atoms with Crippen LogP contribution in [-0.4, -0.2) is 46.2 Å². The van der Waals surface area contributed by atoms with Crippen molar-refractivity contribution in [3.8, 4) is 11.5 Å². The molecule has 1 N–H and O–H groups in total. The lowest BCUT2D eigenvalue weighted by atomic mass is 10.2. The zero-order chi connectivity index (χ0) is 22.7. The molecule has 0 saturated carbocycles. The predicted molar refractivity (Wildman–Crippen MR) is 120 cm³/mol. The topological polar surface area (TPSA) is 107 Å². The van der Waals surface area contributed by atoms with Gasteiger partial charge in [0, 0.05) is 24.8 Å². The molecule has 1 atom stereocenters. The first kappa shape index (κ1) is 22.1. The standard InChI is InChI=1S/C21H21N3O6S2/c1-28-13-19-20(25)23-17-8-7-16(11-18(17)30-19)32(26,27)24(21-22-9-10-31-21)12-14-3-5-15(29-2)6-4-14/h3-11,19H,12-13H2,1-2H3,(H,23,25). The molecule has 168 valence electrons. The van der Waals surface area contributed by atoms with Crippen LogP contribution < -0.4 is 19.1 Å². The molecule has 0 radical (unpaired) electrons. The van der Waals surface area contributed by atoms with E-state index in [-0.39, 0.29) is 29.7 Å². The highest BCUT2D eigenvalue weighted by Gasteiger charge is 2.32. The van der Waals surface area contributed by atoms with Crippen molar-refractivity contribution in [1.82, 2.24) is 4.98 Å².